The minimum Gasteiger partial charge on any atom is -0.497 e. The number of nitrogens with one attached hydrogen (secondary N) is 1. The van der Waals surface area contributed by atoms with Gasteiger partial charge < -0.3 is 14.5 Å². The lowest BCUT2D eigenvalue weighted by molar-refractivity contribution is 0.414. The molecule has 0 amide bonds. The predicted octanol–water partition coefficient (Wildman–Crippen LogP) is 4.26. The Kier molecular flexibility index (Phi) is 4.30. The standard InChI is InChI=1S/C14H18BrNO2/c1-4-12(16-5-2)13-7-9-6-10(17-3)8-11(15)14(9)18-13/h6-8,12,16H,4-5H2,1-3H3. The highest BCUT2D eigenvalue weighted by atomic mass is 79.9. The predicted molar refractivity (Wildman–Crippen MR) is 77.2 cm³/mol. The molecule has 1 atom stereocenters. The fourth-order valence-corrected chi connectivity index (χ4v) is 2.62. The zero-order valence-corrected chi connectivity index (χ0v) is 12.5. The number of benzene rings is 1. The Morgan fingerprint density at radius 3 is 2.72 bits per heavy atom. The number of hydrogen-bond donors (Lipinski definition) is 1. The molecule has 18 heavy (non-hydrogen) atoms. The fourth-order valence-electron chi connectivity index (χ4n) is 2.09. The van der Waals surface area contributed by atoms with E-state index in [0.29, 0.717) is 0 Å². The smallest absolute Gasteiger partial charge is 0.148 e. The monoisotopic (exact) mass is 311 g/mol. The minimum absolute atomic E-state index is 0.264. The molecule has 1 heterocycles. The quantitative estimate of drug-likeness (QED) is 0.895. The Bertz CT molecular complexity index is 536. The summed E-state index contributed by atoms with van der Waals surface area (Å²) in [6.45, 7) is 5.18. The molecule has 2 aromatic rings. The molecular weight excluding hydrogens is 294 g/mol. The maximum atomic E-state index is 5.94. The topological polar surface area (TPSA) is 34.4 Å². The summed E-state index contributed by atoms with van der Waals surface area (Å²) < 4.78 is 12.1. The summed E-state index contributed by atoms with van der Waals surface area (Å²) in [6.07, 6.45) is 1.00. The highest BCUT2D eigenvalue weighted by molar-refractivity contribution is 9.10. The second kappa shape index (κ2) is 5.76. The molecule has 3 nitrogen and oxygen atoms in total. The SMILES string of the molecule is CCNC(CC)c1cc2cc(OC)cc(Br)c2o1. The van der Waals surface area contributed by atoms with Crippen molar-refractivity contribution in [3.05, 3.63) is 28.4 Å². The van der Waals surface area contributed by atoms with Crippen molar-refractivity contribution in [1.29, 1.82) is 0 Å². The number of furan rings is 1. The Morgan fingerprint density at radius 1 is 1.33 bits per heavy atom. The Morgan fingerprint density at radius 2 is 2.11 bits per heavy atom. The van der Waals surface area contributed by atoms with Gasteiger partial charge in [-0.15, -0.1) is 0 Å². The van der Waals surface area contributed by atoms with Crippen molar-refractivity contribution in [2.45, 2.75) is 26.3 Å². The zero-order chi connectivity index (χ0) is 13.1. The molecule has 1 aromatic heterocycles. The summed E-state index contributed by atoms with van der Waals surface area (Å²) in [4.78, 5) is 0. The van der Waals surface area contributed by atoms with Crippen molar-refractivity contribution in [1.82, 2.24) is 5.32 Å². The van der Waals surface area contributed by atoms with Crippen LogP contribution in [0.2, 0.25) is 0 Å². The normalized spacial score (nSPS) is 12.9. The van der Waals surface area contributed by atoms with E-state index in [9.17, 15) is 0 Å². The highest BCUT2D eigenvalue weighted by Crippen LogP contribution is 2.34. The molecular formula is C14H18BrNO2. The maximum Gasteiger partial charge on any atom is 0.148 e. The number of ether oxygens (including phenoxy) is 1. The molecule has 0 aliphatic carbocycles. The van der Waals surface area contributed by atoms with Gasteiger partial charge in [0.05, 0.1) is 17.6 Å². The van der Waals surface area contributed by atoms with Gasteiger partial charge in [-0.1, -0.05) is 13.8 Å². The summed E-state index contributed by atoms with van der Waals surface area (Å²) in [7, 11) is 1.67. The van der Waals surface area contributed by atoms with Crippen LogP contribution in [0.4, 0.5) is 0 Å². The van der Waals surface area contributed by atoms with Crippen molar-refractivity contribution < 1.29 is 9.15 Å². The average molecular weight is 312 g/mol. The van der Waals surface area contributed by atoms with Crippen molar-refractivity contribution in [3.63, 3.8) is 0 Å². The molecule has 0 aliphatic heterocycles. The third kappa shape index (κ3) is 2.54. The van der Waals surface area contributed by atoms with E-state index in [0.717, 1.165) is 39.9 Å². The van der Waals surface area contributed by atoms with Gasteiger partial charge in [-0.25, -0.2) is 0 Å². The zero-order valence-electron chi connectivity index (χ0n) is 10.9. The van der Waals surface area contributed by atoms with E-state index in [2.05, 4.69) is 41.2 Å². The second-order valence-corrected chi connectivity index (χ2v) is 5.05. The van der Waals surface area contributed by atoms with Crippen LogP contribution in [-0.4, -0.2) is 13.7 Å². The number of methoxy groups -OCH3 is 1. The van der Waals surface area contributed by atoms with E-state index in [1.807, 2.05) is 12.1 Å². The van der Waals surface area contributed by atoms with Crippen LogP contribution in [0.3, 0.4) is 0 Å². The van der Waals surface area contributed by atoms with Crippen LogP contribution in [-0.2, 0) is 0 Å². The average Bonchev–Trinajstić information content (AvgIpc) is 2.79. The van der Waals surface area contributed by atoms with Crippen LogP contribution in [0.1, 0.15) is 32.1 Å². The van der Waals surface area contributed by atoms with Crippen molar-refractivity contribution in [3.8, 4) is 5.75 Å². The Labute approximate surface area is 116 Å². The lowest BCUT2D eigenvalue weighted by Gasteiger charge is -2.12. The lowest BCUT2D eigenvalue weighted by Crippen LogP contribution is -2.19. The van der Waals surface area contributed by atoms with Gasteiger partial charge in [0.1, 0.15) is 17.1 Å². The van der Waals surface area contributed by atoms with Crippen molar-refractivity contribution in [2.75, 3.05) is 13.7 Å². The molecule has 4 heteroatoms. The number of fused-ring (bicyclic) bond motifs is 1. The van der Waals surface area contributed by atoms with E-state index in [1.165, 1.54) is 0 Å². The molecule has 1 N–H and O–H groups in total. The van der Waals surface area contributed by atoms with Crippen molar-refractivity contribution >= 4 is 26.9 Å². The summed E-state index contributed by atoms with van der Waals surface area (Å²) in [5, 5.41) is 4.48. The Hall–Kier alpha value is -1.00. The van der Waals surface area contributed by atoms with Gasteiger partial charge >= 0.3 is 0 Å². The van der Waals surface area contributed by atoms with Gasteiger partial charge in [0.2, 0.25) is 0 Å². The van der Waals surface area contributed by atoms with Crippen LogP contribution in [0.15, 0.2) is 27.1 Å². The summed E-state index contributed by atoms with van der Waals surface area (Å²) in [5.74, 6) is 1.81. The molecule has 98 valence electrons. The number of rotatable bonds is 5. The molecule has 0 spiro atoms. The van der Waals surface area contributed by atoms with E-state index in [-0.39, 0.29) is 6.04 Å². The Balaban J connectivity index is 2.45. The second-order valence-electron chi connectivity index (χ2n) is 4.19. The first-order valence-corrected chi connectivity index (χ1v) is 6.99. The summed E-state index contributed by atoms with van der Waals surface area (Å²) in [6, 6.07) is 6.26. The van der Waals surface area contributed by atoms with Crippen LogP contribution < -0.4 is 10.1 Å². The van der Waals surface area contributed by atoms with Gasteiger partial charge in [0, 0.05) is 5.39 Å². The van der Waals surface area contributed by atoms with Gasteiger partial charge in [-0.2, -0.15) is 0 Å². The van der Waals surface area contributed by atoms with Gasteiger partial charge in [0.15, 0.2) is 0 Å². The van der Waals surface area contributed by atoms with E-state index in [1.54, 1.807) is 7.11 Å². The van der Waals surface area contributed by atoms with E-state index >= 15 is 0 Å². The lowest BCUT2D eigenvalue weighted by atomic mass is 10.1. The summed E-state index contributed by atoms with van der Waals surface area (Å²) in [5.41, 5.74) is 0.877. The number of halogens is 1. The molecule has 0 aliphatic rings. The molecule has 1 aromatic carbocycles. The van der Waals surface area contributed by atoms with Gasteiger partial charge in [-0.05, 0) is 47.1 Å². The van der Waals surface area contributed by atoms with E-state index in [4.69, 9.17) is 9.15 Å². The first kappa shape index (κ1) is 13.4. The fraction of sp³-hybridized carbons (Fsp3) is 0.429. The molecule has 0 fully saturated rings. The van der Waals surface area contributed by atoms with Crippen LogP contribution >= 0.6 is 15.9 Å². The summed E-state index contributed by atoms with van der Waals surface area (Å²) >= 11 is 3.52. The number of hydrogen-bond acceptors (Lipinski definition) is 3. The van der Waals surface area contributed by atoms with Crippen molar-refractivity contribution in [2.24, 2.45) is 0 Å². The van der Waals surface area contributed by atoms with Gasteiger partial charge in [-0.3, -0.25) is 0 Å². The maximum absolute atomic E-state index is 5.94. The van der Waals surface area contributed by atoms with Crippen LogP contribution in [0, 0.1) is 0 Å². The molecule has 2 rings (SSSR count). The molecule has 0 radical (unpaired) electrons. The molecule has 0 saturated heterocycles. The van der Waals surface area contributed by atoms with E-state index < -0.39 is 0 Å². The molecule has 1 unspecified atom stereocenters. The van der Waals surface area contributed by atoms with Crippen LogP contribution in [0.5, 0.6) is 5.75 Å². The van der Waals surface area contributed by atoms with Crippen LogP contribution in [0.25, 0.3) is 11.0 Å². The van der Waals surface area contributed by atoms with Gasteiger partial charge in [0.25, 0.3) is 0 Å². The molecule has 0 saturated carbocycles. The first-order chi connectivity index (χ1) is 8.69. The molecule has 0 bridgehead atoms. The third-order valence-corrected chi connectivity index (χ3v) is 3.59. The minimum atomic E-state index is 0.264. The first-order valence-electron chi connectivity index (χ1n) is 6.20. The largest absolute Gasteiger partial charge is 0.497 e. The highest BCUT2D eigenvalue weighted by Gasteiger charge is 2.15. The third-order valence-electron chi connectivity index (χ3n) is 3.00.